The summed E-state index contributed by atoms with van der Waals surface area (Å²) in [6.45, 7) is 4.82. The molecule has 0 aromatic heterocycles. The molecule has 0 aromatic carbocycles. The third-order valence-electron chi connectivity index (χ3n) is 7.73. The Labute approximate surface area is 347 Å². The first kappa shape index (κ1) is 53.6. The summed E-state index contributed by atoms with van der Waals surface area (Å²) in [5.41, 5.74) is 0. The number of hydrogen-bond acceptors (Lipinski definition) is 7. The van der Waals surface area contributed by atoms with Crippen LogP contribution in [0.15, 0.2) is 134 Å². The summed E-state index contributed by atoms with van der Waals surface area (Å²) in [5.74, 6) is -0.488. The third-order valence-corrected chi connectivity index (χ3v) is 8.69. The minimum atomic E-state index is -4.58. The molecule has 0 spiro atoms. The second-order valence-corrected chi connectivity index (χ2v) is 15.7. The number of unbranched alkanes of at least 4 members (excludes halogenated alkanes) is 1. The Hall–Kier alpha value is -3.36. The lowest BCUT2D eigenvalue weighted by atomic mass is 10.2. The summed E-state index contributed by atoms with van der Waals surface area (Å²) in [6.07, 6.45) is 58.0. The molecule has 0 fully saturated rings. The highest BCUT2D eigenvalue weighted by Gasteiger charge is 2.20. The standard InChI is InChI=1S/C48H76NO7P/c1-6-8-10-12-14-16-18-20-22-23-24-25-26-28-30-32-34-36-38-40-43-53-45-47(46-55-57(51,52)54-44-42-49(3,4)5)56-48(50)41-39-37-35-33-31-29-27-21-19-17-15-13-11-9-7-2/h8-11,14-17,20-22,24-25,27-28,30-31,33-34,36-37,39,47H,6-7,12-13,18-19,23,26,29,32,35,38,40-46H2,1-5H3/b10-8-,11-9-,16-14-,17-15-,22-20-,25-24-,27-21-,30-28-,33-31-,36-34-,39-37-. The zero-order chi connectivity index (χ0) is 42.0. The van der Waals surface area contributed by atoms with E-state index in [0.717, 1.165) is 77.0 Å². The Morgan fingerprint density at radius 3 is 1.33 bits per heavy atom. The highest BCUT2D eigenvalue weighted by Crippen LogP contribution is 2.38. The van der Waals surface area contributed by atoms with E-state index in [1.54, 1.807) is 6.08 Å². The second-order valence-electron chi connectivity index (χ2n) is 14.2. The maximum absolute atomic E-state index is 12.6. The van der Waals surface area contributed by atoms with Crippen LogP contribution in [0.1, 0.15) is 104 Å². The SMILES string of the molecule is CC/C=C\C/C=C\C/C=C\C/C=C\C/C=C\C/C=C\CCCOCC(COP(=O)([O-])OCC[N+](C)(C)C)OC(=O)C/C=C\C/C=C\C/C=C\C/C=C\C/C=C\CC. The van der Waals surface area contributed by atoms with Crippen LogP contribution < -0.4 is 4.89 Å². The lowest BCUT2D eigenvalue weighted by Crippen LogP contribution is -2.37. The minimum Gasteiger partial charge on any atom is -0.756 e. The van der Waals surface area contributed by atoms with Crippen molar-refractivity contribution in [3.05, 3.63) is 134 Å². The lowest BCUT2D eigenvalue weighted by Gasteiger charge is -2.28. The number of likely N-dealkylation sites (N-methyl/N-ethyl adjacent to an activating group) is 1. The van der Waals surface area contributed by atoms with Gasteiger partial charge in [-0.05, 0) is 83.5 Å². The minimum absolute atomic E-state index is 0.0100. The summed E-state index contributed by atoms with van der Waals surface area (Å²) in [7, 11) is 1.23. The van der Waals surface area contributed by atoms with E-state index in [1.165, 1.54) is 0 Å². The number of carbonyl (C=O) groups is 1. The van der Waals surface area contributed by atoms with Gasteiger partial charge in [0.2, 0.25) is 0 Å². The molecule has 0 heterocycles. The van der Waals surface area contributed by atoms with E-state index in [1.807, 2.05) is 33.3 Å². The van der Waals surface area contributed by atoms with Crippen LogP contribution in [0, 0.1) is 0 Å². The van der Waals surface area contributed by atoms with E-state index in [0.29, 0.717) is 24.1 Å². The number of rotatable bonds is 36. The molecule has 8 nitrogen and oxygen atoms in total. The van der Waals surface area contributed by atoms with Gasteiger partial charge in [0.1, 0.15) is 19.3 Å². The van der Waals surface area contributed by atoms with E-state index < -0.39 is 19.9 Å². The smallest absolute Gasteiger partial charge is 0.310 e. The van der Waals surface area contributed by atoms with Crippen molar-refractivity contribution in [1.82, 2.24) is 0 Å². The van der Waals surface area contributed by atoms with E-state index >= 15 is 0 Å². The number of phosphoric acid groups is 1. The number of nitrogens with zero attached hydrogens (tertiary/aromatic N) is 1. The summed E-state index contributed by atoms with van der Waals surface area (Å²) < 4.78 is 34.3. The maximum atomic E-state index is 12.6. The fraction of sp³-hybridized carbons (Fsp3) is 0.521. The molecule has 0 N–H and O–H groups in total. The first-order valence-corrected chi connectivity index (χ1v) is 22.4. The van der Waals surface area contributed by atoms with E-state index in [2.05, 4.69) is 129 Å². The second kappa shape index (κ2) is 39.5. The van der Waals surface area contributed by atoms with Crippen molar-refractivity contribution < 1.29 is 37.3 Å². The summed E-state index contributed by atoms with van der Waals surface area (Å²) in [5, 5.41) is 0. The number of esters is 1. The predicted octanol–water partition coefficient (Wildman–Crippen LogP) is 11.7. The zero-order valence-corrected chi connectivity index (χ0v) is 36.9. The Bertz CT molecular complexity index is 1360. The first-order valence-electron chi connectivity index (χ1n) is 20.9. The van der Waals surface area contributed by atoms with Crippen molar-refractivity contribution in [2.45, 2.75) is 110 Å². The Kier molecular flexibility index (Phi) is 37.1. The Morgan fingerprint density at radius 1 is 0.544 bits per heavy atom. The van der Waals surface area contributed by atoms with E-state index in [4.69, 9.17) is 18.5 Å². The van der Waals surface area contributed by atoms with Crippen LogP contribution in [-0.2, 0) is 27.9 Å². The molecule has 57 heavy (non-hydrogen) atoms. The monoisotopic (exact) mass is 810 g/mol. The average molecular weight is 810 g/mol. The van der Waals surface area contributed by atoms with Crippen molar-refractivity contribution in [2.24, 2.45) is 0 Å². The van der Waals surface area contributed by atoms with Gasteiger partial charge >= 0.3 is 5.97 Å². The molecule has 0 radical (unpaired) electrons. The summed E-state index contributed by atoms with van der Waals surface area (Å²) in [6, 6.07) is 0. The van der Waals surface area contributed by atoms with Crippen LogP contribution >= 0.6 is 7.82 Å². The molecular formula is C48H76NO7P. The van der Waals surface area contributed by atoms with Gasteiger partial charge < -0.3 is 27.9 Å². The first-order chi connectivity index (χ1) is 27.6. The molecular weight excluding hydrogens is 734 g/mol. The van der Waals surface area contributed by atoms with Gasteiger partial charge in [0.25, 0.3) is 7.82 Å². The molecule has 0 amide bonds. The predicted molar refractivity (Wildman–Crippen MR) is 240 cm³/mol. The summed E-state index contributed by atoms with van der Waals surface area (Å²) >= 11 is 0. The highest BCUT2D eigenvalue weighted by molar-refractivity contribution is 7.45. The maximum Gasteiger partial charge on any atom is 0.310 e. The lowest BCUT2D eigenvalue weighted by molar-refractivity contribution is -0.870. The van der Waals surface area contributed by atoms with Crippen molar-refractivity contribution in [2.75, 3.05) is 54.1 Å². The topological polar surface area (TPSA) is 94.1 Å². The molecule has 0 rings (SSSR count). The number of hydrogen-bond donors (Lipinski definition) is 0. The Balaban J connectivity index is 4.53. The normalized spacial score (nSPS) is 15.1. The zero-order valence-electron chi connectivity index (χ0n) is 36.0. The fourth-order valence-electron chi connectivity index (χ4n) is 4.58. The van der Waals surface area contributed by atoms with Gasteiger partial charge in [-0.3, -0.25) is 9.36 Å². The van der Waals surface area contributed by atoms with Crippen LogP contribution in [0.5, 0.6) is 0 Å². The number of phosphoric ester groups is 1. The van der Waals surface area contributed by atoms with Gasteiger partial charge in [0.05, 0.1) is 40.8 Å². The molecule has 0 aliphatic heterocycles. The summed E-state index contributed by atoms with van der Waals surface area (Å²) in [4.78, 5) is 24.9. The van der Waals surface area contributed by atoms with E-state index in [9.17, 15) is 14.3 Å². The molecule has 0 aliphatic rings. The number of carbonyl (C=O) groups excluding carboxylic acids is 1. The Morgan fingerprint density at radius 2 is 0.930 bits per heavy atom. The largest absolute Gasteiger partial charge is 0.756 e. The molecule has 0 aliphatic carbocycles. The van der Waals surface area contributed by atoms with Gasteiger partial charge in [-0.15, -0.1) is 0 Å². The van der Waals surface area contributed by atoms with Crippen molar-refractivity contribution in [3.8, 4) is 0 Å². The van der Waals surface area contributed by atoms with E-state index in [-0.39, 0.29) is 26.2 Å². The van der Waals surface area contributed by atoms with Crippen molar-refractivity contribution in [1.29, 1.82) is 0 Å². The molecule has 0 bridgehead atoms. The van der Waals surface area contributed by atoms with Gasteiger partial charge in [-0.1, -0.05) is 148 Å². The van der Waals surface area contributed by atoms with Crippen LogP contribution in [0.3, 0.4) is 0 Å². The third kappa shape index (κ3) is 43.6. The quantitative estimate of drug-likeness (QED) is 0.0204. The van der Waals surface area contributed by atoms with Crippen LogP contribution in [-0.4, -0.2) is 70.7 Å². The number of allylic oxidation sites excluding steroid dienone is 21. The number of quaternary nitrogens is 1. The number of ether oxygens (including phenoxy) is 2. The average Bonchev–Trinajstić information content (AvgIpc) is 3.16. The van der Waals surface area contributed by atoms with Crippen molar-refractivity contribution in [3.63, 3.8) is 0 Å². The molecule has 0 saturated carbocycles. The van der Waals surface area contributed by atoms with Gasteiger partial charge in [0.15, 0.2) is 0 Å². The van der Waals surface area contributed by atoms with Crippen LogP contribution in [0.25, 0.3) is 0 Å². The molecule has 2 unspecified atom stereocenters. The van der Waals surface area contributed by atoms with Crippen LogP contribution in [0.4, 0.5) is 0 Å². The highest BCUT2D eigenvalue weighted by atomic mass is 31.2. The molecule has 320 valence electrons. The molecule has 0 aromatic rings. The molecule has 2 atom stereocenters. The van der Waals surface area contributed by atoms with Gasteiger partial charge in [-0.2, -0.15) is 0 Å². The van der Waals surface area contributed by atoms with Gasteiger partial charge in [-0.25, -0.2) is 0 Å². The molecule has 0 saturated heterocycles. The van der Waals surface area contributed by atoms with Crippen LogP contribution in [0.2, 0.25) is 0 Å². The van der Waals surface area contributed by atoms with Gasteiger partial charge in [0, 0.05) is 6.61 Å². The van der Waals surface area contributed by atoms with Crippen molar-refractivity contribution >= 4 is 13.8 Å². The molecule has 9 heteroatoms. The fourth-order valence-corrected chi connectivity index (χ4v) is 5.30.